The number of para-hydroxylation sites is 1. The molecule has 104 valence electrons. The molecule has 1 atom stereocenters. The van der Waals surface area contributed by atoms with Crippen molar-refractivity contribution >= 4 is 23.2 Å². The lowest BCUT2D eigenvalue weighted by Gasteiger charge is -2.33. The highest BCUT2D eigenvalue weighted by molar-refractivity contribution is 6.33. The van der Waals surface area contributed by atoms with Gasteiger partial charge in [-0.15, -0.1) is 5.10 Å². The maximum Gasteiger partial charge on any atom is 0.470 e. The van der Waals surface area contributed by atoms with E-state index in [9.17, 15) is 13.2 Å². The quantitative estimate of drug-likeness (QED) is 0.841. The fourth-order valence-electron chi connectivity index (χ4n) is 1.56. The average molecular weight is 295 g/mol. The Kier molecular flexibility index (Phi) is 3.86. The first-order valence-corrected chi connectivity index (χ1v) is 5.66. The molecule has 2 rings (SSSR count). The van der Waals surface area contributed by atoms with Crippen molar-refractivity contribution in [1.82, 2.24) is 0 Å². The van der Waals surface area contributed by atoms with E-state index >= 15 is 0 Å². The largest absolute Gasteiger partial charge is 0.470 e. The summed E-state index contributed by atoms with van der Waals surface area (Å²) in [7, 11) is 1.35. The number of hydrazone groups is 1. The van der Waals surface area contributed by atoms with Crippen LogP contribution in [0, 0.1) is 0 Å². The first kappa shape index (κ1) is 14.0. The fourth-order valence-corrected chi connectivity index (χ4v) is 1.79. The summed E-state index contributed by atoms with van der Waals surface area (Å²) >= 11 is 5.95. The summed E-state index contributed by atoms with van der Waals surface area (Å²) in [5.41, 5.74) is 0.320. The Bertz CT molecular complexity index is 493. The van der Waals surface area contributed by atoms with Crippen LogP contribution >= 0.6 is 11.6 Å². The van der Waals surface area contributed by atoms with E-state index in [1.54, 1.807) is 24.3 Å². The van der Waals surface area contributed by atoms with Crippen molar-refractivity contribution in [3.8, 4) is 0 Å². The van der Waals surface area contributed by atoms with Crippen LogP contribution in [0.3, 0.4) is 0 Å². The van der Waals surface area contributed by atoms with Crippen molar-refractivity contribution in [3.05, 3.63) is 29.3 Å². The molecule has 1 unspecified atom stereocenters. The van der Waals surface area contributed by atoms with Gasteiger partial charge in [0.25, 0.3) is 0 Å². The highest BCUT2D eigenvalue weighted by atomic mass is 35.5. The molecule has 1 aromatic carbocycles. The van der Waals surface area contributed by atoms with Gasteiger partial charge in [-0.1, -0.05) is 23.7 Å². The number of methoxy groups -OCH3 is 1. The molecule has 1 aliphatic rings. The number of anilines is 1. The van der Waals surface area contributed by atoms with Gasteiger partial charge in [0.1, 0.15) is 6.61 Å². The lowest BCUT2D eigenvalue weighted by molar-refractivity contribution is -0.0878. The molecule has 1 heterocycles. The fraction of sp³-hybridized carbons (Fsp3) is 0.364. The molecule has 0 spiro atoms. The van der Waals surface area contributed by atoms with Crippen LogP contribution in [0.2, 0.25) is 5.02 Å². The molecular formula is C11H10ClF3N2O2. The Morgan fingerprint density at radius 1 is 1.42 bits per heavy atom. The molecule has 0 amide bonds. The van der Waals surface area contributed by atoms with E-state index in [0.29, 0.717) is 5.69 Å². The van der Waals surface area contributed by atoms with Gasteiger partial charge < -0.3 is 9.47 Å². The van der Waals surface area contributed by atoms with Crippen molar-refractivity contribution in [2.24, 2.45) is 5.10 Å². The number of ether oxygens (including phenoxy) is 2. The summed E-state index contributed by atoms with van der Waals surface area (Å²) in [6.07, 6.45) is -5.43. The third kappa shape index (κ3) is 2.93. The average Bonchev–Trinajstić information content (AvgIpc) is 2.37. The molecule has 4 nitrogen and oxygen atoms in total. The third-order valence-electron chi connectivity index (χ3n) is 2.45. The van der Waals surface area contributed by atoms with Crippen molar-refractivity contribution in [1.29, 1.82) is 0 Å². The summed E-state index contributed by atoms with van der Waals surface area (Å²) < 4.78 is 47.4. The van der Waals surface area contributed by atoms with Gasteiger partial charge in [-0.05, 0) is 12.1 Å². The van der Waals surface area contributed by atoms with Gasteiger partial charge in [-0.2, -0.15) is 13.2 Å². The molecule has 0 saturated carbocycles. The highest BCUT2D eigenvalue weighted by Gasteiger charge is 2.43. The van der Waals surface area contributed by atoms with Gasteiger partial charge in [0.15, 0.2) is 6.23 Å². The zero-order valence-corrected chi connectivity index (χ0v) is 10.6. The molecule has 19 heavy (non-hydrogen) atoms. The summed E-state index contributed by atoms with van der Waals surface area (Å²) in [4.78, 5) is 0. The highest BCUT2D eigenvalue weighted by Crippen LogP contribution is 2.31. The second kappa shape index (κ2) is 5.26. The van der Waals surface area contributed by atoms with Crippen LogP contribution in [0.15, 0.2) is 29.4 Å². The third-order valence-corrected chi connectivity index (χ3v) is 2.77. The topological polar surface area (TPSA) is 34.1 Å². The second-order valence-corrected chi connectivity index (χ2v) is 4.11. The molecule has 0 aliphatic carbocycles. The van der Waals surface area contributed by atoms with Gasteiger partial charge >= 0.3 is 12.1 Å². The van der Waals surface area contributed by atoms with Crippen LogP contribution in [0.1, 0.15) is 0 Å². The molecule has 1 aliphatic heterocycles. The number of alkyl halides is 3. The van der Waals surface area contributed by atoms with Crippen LogP contribution in [-0.4, -0.2) is 32.0 Å². The van der Waals surface area contributed by atoms with Gasteiger partial charge in [0, 0.05) is 7.11 Å². The Morgan fingerprint density at radius 2 is 2.11 bits per heavy atom. The first-order valence-electron chi connectivity index (χ1n) is 5.28. The monoisotopic (exact) mass is 294 g/mol. The SMILES string of the molecule is COC1COC(C(F)(F)F)=NN1c1ccccc1Cl. The summed E-state index contributed by atoms with van der Waals surface area (Å²) in [6.45, 7) is -0.292. The minimum atomic E-state index is -4.65. The molecule has 0 aromatic heterocycles. The van der Waals surface area contributed by atoms with Gasteiger partial charge in [0.05, 0.1) is 10.7 Å². The minimum absolute atomic E-state index is 0.275. The smallest absolute Gasteiger partial charge is 0.468 e. The molecule has 1 aromatic rings. The molecule has 0 saturated heterocycles. The Balaban J connectivity index is 2.41. The number of halogens is 4. The molecule has 0 fully saturated rings. The predicted molar refractivity (Wildman–Crippen MR) is 64.2 cm³/mol. The summed E-state index contributed by atoms with van der Waals surface area (Å²) in [5.74, 6) is -1.32. The zero-order valence-electron chi connectivity index (χ0n) is 9.82. The molecule has 0 N–H and O–H groups in total. The summed E-state index contributed by atoms with van der Waals surface area (Å²) in [5, 5.41) is 4.77. The maximum absolute atomic E-state index is 12.6. The van der Waals surface area contributed by atoms with Gasteiger partial charge in [0.2, 0.25) is 0 Å². The van der Waals surface area contributed by atoms with Crippen LogP contribution < -0.4 is 5.01 Å². The van der Waals surface area contributed by atoms with Gasteiger partial charge in [-0.3, -0.25) is 0 Å². The zero-order chi connectivity index (χ0) is 14.0. The van der Waals surface area contributed by atoms with Crippen molar-refractivity contribution in [2.75, 3.05) is 18.7 Å². The molecular weight excluding hydrogens is 285 g/mol. The van der Waals surface area contributed by atoms with Crippen LogP contribution in [0.25, 0.3) is 0 Å². The van der Waals surface area contributed by atoms with E-state index in [2.05, 4.69) is 9.84 Å². The van der Waals surface area contributed by atoms with Crippen molar-refractivity contribution in [3.63, 3.8) is 0 Å². The normalized spacial score (nSPS) is 19.9. The molecule has 0 bridgehead atoms. The van der Waals surface area contributed by atoms with E-state index in [1.807, 2.05) is 0 Å². The van der Waals surface area contributed by atoms with E-state index in [-0.39, 0.29) is 11.6 Å². The van der Waals surface area contributed by atoms with Crippen molar-refractivity contribution in [2.45, 2.75) is 12.4 Å². The van der Waals surface area contributed by atoms with E-state index < -0.39 is 18.3 Å². The van der Waals surface area contributed by atoms with Crippen molar-refractivity contribution < 1.29 is 22.6 Å². The van der Waals surface area contributed by atoms with Crippen LogP contribution in [0.5, 0.6) is 0 Å². The number of benzene rings is 1. The van der Waals surface area contributed by atoms with Crippen LogP contribution in [0.4, 0.5) is 18.9 Å². The number of hydrogen-bond donors (Lipinski definition) is 0. The first-order chi connectivity index (χ1) is 8.93. The van der Waals surface area contributed by atoms with E-state index in [4.69, 9.17) is 16.3 Å². The standard InChI is InChI=1S/C11H10ClF3N2O2/c1-18-9-6-19-10(11(13,14)15)16-17(9)8-5-3-2-4-7(8)12/h2-5,9H,6H2,1H3. The lowest BCUT2D eigenvalue weighted by Crippen LogP contribution is -2.45. The number of rotatable bonds is 2. The minimum Gasteiger partial charge on any atom is -0.468 e. The summed E-state index contributed by atoms with van der Waals surface area (Å²) in [6, 6.07) is 6.42. The van der Waals surface area contributed by atoms with Crippen LogP contribution in [-0.2, 0) is 9.47 Å². The maximum atomic E-state index is 12.6. The Hall–Kier alpha value is -1.47. The second-order valence-electron chi connectivity index (χ2n) is 3.70. The predicted octanol–water partition coefficient (Wildman–Crippen LogP) is 3.02. The Labute approximate surface area is 112 Å². The lowest BCUT2D eigenvalue weighted by atomic mass is 10.3. The van der Waals surface area contributed by atoms with E-state index in [1.165, 1.54) is 7.11 Å². The van der Waals surface area contributed by atoms with E-state index in [0.717, 1.165) is 5.01 Å². The number of nitrogens with zero attached hydrogens (tertiary/aromatic N) is 2. The Morgan fingerprint density at radius 3 is 2.68 bits per heavy atom. The van der Waals surface area contributed by atoms with Gasteiger partial charge in [-0.25, -0.2) is 5.01 Å². The number of hydrogen-bond acceptors (Lipinski definition) is 4. The molecule has 0 radical (unpaired) electrons. The molecule has 8 heteroatoms.